The summed E-state index contributed by atoms with van der Waals surface area (Å²) in [5.41, 5.74) is 7.97. The van der Waals surface area contributed by atoms with Crippen LogP contribution in [0.1, 0.15) is 103 Å². The Bertz CT molecular complexity index is 1900. The van der Waals surface area contributed by atoms with Crippen LogP contribution < -0.4 is 4.74 Å². The molecule has 252 valence electrons. The fourth-order valence-electron chi connectivity index (χ4n) is 7.71. The molecule has 48 heavy (non-hydrogen) atoms. The number of ether oxygens (including phenoxy) is 3. The molecule has 1 saturated heterocycles. The van der Waals surface area contributed by atoms with Crippen LogP contribution >= 0.6 is 0 Å². The van der Waals surface area contributed by atoms with Gasteiger partial charge in [-0.1, -0.05) is 25.3 Å². The van der Waals surface area contributed by atoms with Crippen LogP contribution in [0.3, 0.4) is 0 Å². The van der Waals surface area contributed by atoms with E-state index in [0.29, 0.717) is 56.4 Å². The smallest absolute Gasteiger partial charge is 0.338 e. The Morgan fingerprint density at radius 1 is 1.00 bits per heavy atom. The van der Waals surface area contributed by atoms with Crippen LogP contribution in [0.15, 0.2) is 42.6 Å². The Balaban J connectivity index is 1.47. The lowest BCUT2D eigenvalue weighted by atomic mass is 9.81. The molecule has 2 aromatic carbocycles. The zero-order chi connectivity index (χ0) is 33.6. The second kappa shape index (κ2) is 12.9. The van der Waals surface area contributed by atoms with E-state index in [4.69, 9.17) is 19.3 Å². The maximum atomic E-state index is 14.0. The summed E-state index contributed by atoms with van der Waals surface area (Å²) in [5, 5.41) is 5.88. The number of allylic oxidation sites excluding steroid dienone is 1. The van der Waals surface area contributed by atoms with Crippen LogP contribution in [0.2, 0.25) is 0 Å². The van der Waals surface area contributed by atoms with Gasteiger partial charge in [0.25, 0.3) is 5.91 Å². The number of rotatable bonds is 6. The lowest BCUT2D eigenvalue weighted by Gasteiger charge is -2.27. The lowest BCUT2D eigenvalue weighted by molar-refractivity contribution is 0.00695. The minimum atomic E-state index is -0.606. The molecular weight excluding hydrogens is 604 g/mol. The van der Waals surface area contributed by atoms with Crippen LogP contribution in [0, 0.1) is 0 Å². The van der Waals surface area contributed by atoms with E-state index in [-0.39, 0.29) is 11.9 Å². The number of aryl methyl sites for hydroxylation is 1. The van der Waals surface area contributed by atoms with Gasteiger partial charge in [0.2, 0.25) is 0 Å². The summed E-state index contributed by atoms with van der Waals surface area (Å²) in [6.07, 6.45) is 9.85. The van der Waals surface area contributed by atoms with E-state index >= 15 is 0 Å². The van der Waals surface area contributed by atoms with Crippen molar-refractivity contribution in [3.63, 3.8) is 0 Å². The van der Waals surface area contributed by atoms with Crippen molar-refractivity contribution in [1.82, 2.24) is 19.2 Å². The molecule has 9 heteroatoms. The normalized spacial score (nSPS) is 17.0. The Kier molecular flexibility index (Phi) is 8.66. The molecule has 1 aliphatic carbocycles. The second-order valence-corrected chi connectivity index (χ2v) is 14.2. The largest absolute Gasteiger partial charge is 0.497 e. The van der Waals surface area contributed by atoms with Gasteiger partial charge in [-0.05, 0) is 99.6 Å². The summed E-state index contributed by atoms with van der Waals surface area (Å²) in [6.45, 7) is 11.0. The van der Waals surface area contributed by atoms with Crippen molar-refractivity contribution in [3.8, 4) is 17.0 Å². The fourth-order valence-corrected chi connectivity index (χ4v) is 7.71. The van der Waals surface area contributed by atoms with E-state index < -0.39 is 5.60 Å². The van der Waals surface area contributed by atoms with Gasteiger partial charge in [-0.25, -0.2) is 4.79 Å². The maximum absolute atomic E-state index is 14.0. The Labute approximate surface area is 282 Å². The van der Waals surface area contributed by atoms with E-state index in [1.807, 2.05) is 48.6 Å². The van der Waals surface area contributed by atoms with Crippen molar-refractivity contribution in [2.75, 3.05) is 33.4 Å². The van der Waals surface area contributed by atoms with Crippen molar-refractivity contribution in [2.45, 2.75) is 84.4 Å². The highest BCUT2D eigenvalue weighted by Gasteiger charge is 2.32. The van der Waals surface area contributed by atoms with Crippen LogP contribution in [0.25, 0.3) is 33.8 Å². The van der Waals surface area contributed by atoms with Gasteiger partial charge in [0.05, 0.1) is 55.6 Å². The molecule has 4 aromatic rings. The molecule has 2 aromatic heterocycles. The number of amides is 1. The number of fused-ring (bicyclic) bond motifs is 5. The van der Waals surface area contributed by atoms with Crippen molar-refractivity contribution in [3.05, 3.63) is 70.5 Å². The molecule has 0 radical (unpaired) electrons. The molecule has 7 rings (SSSR count). The second-order valence-electron chi connectivity index (χ2n) is 14.2. The summed E-state index contributed by atoms with van der Waals surface area (Å²) < 4.78 is 21.4. The van der Waals surface area contributed by atoms with Crippen molar-refractivity contribution < 1.29 is 23.8 Å². The number of aromatic nitrogens is 3. The third-order valence-corrected chi connectivity index (χ3v) is 9.90. The highest BCUT2D eigenvalue weighted by Crippen LogP contribution is 2.48. The van der Waals surface area contributed by atoms with E-state index in [9.17, 15) is 9.59 Å². The summed E-state index contributed by atoms with van der Waals surface area (Å²) in [4.78, 5) is 29.3. The molecule has 4 heterocycles. The number of nitrogens with zero attached hydrogens (tertiary/aromatic N) is 4. The molecule has 0 spiro atoms. The van der Waals surface area contributed by atoms with Gasteiger partial charge in [0.1, 0.15) is 11.4 Å². The SMILES string of the molecule is CCn1ncc(C(=O)N2CCOCC2)c1C1=Cc2cc(OC)ccc2-c2c(C3CCCCC3)c3ccc(C(=O)OC(C)(C)C)cc3n2C1. The predicted molar refractivity (Wildman–Crippen MR) is 187 cm³/mol. The quantitative estimate of drug-likeness (QED) is 0.200. The molecule has 0 atom stereocenters. The van der Waals surface area contributed by atoms with Gasteiger partial charge in [-0.15, -0.1) is 0 Å². The maximum Gasteiger partial charge on any atom is 0.338 e. The van der Waals surface area contributed by atoms with Crippen LogP contribution in [0.4, 0.5) is 0 Å². The zero-order valence-corrected chi connectivity index (χ0v) is 28.8. The highest BCUT2D eigenvalue weighted by molar-refractivity contribution is 6.04. The summed E-state index contributed by atoms with van der Waals surface area (Å²) in [6, 6.07) is 12.3. The third kappa shape index (κ3) is 5.93. The van der Waals surface area contributed by atoms with Gasteiger partial charge >= 0.3 is 5.97 Å². The average molecular weight is 651 g/mol. The molecule has 2 fully saturated rings. The van der Waals surface area contributed by atoms with Crippen LogP contribution in [-0.4, -0.2) is 70.1 Å². The Morgan fingerprint density at radius 2 is 1.77 bits per heavy atom. The van der Waals surface area contributed by atoms with E-state index in [1.54, 1.807) is 13.3 Å². The minimum Gasteiger partial charge on any atom is -0.497 e. The first kappa shape index (κ1) is 32.2. The number of esters is 1. The third-order valence-electron chi connectivity index (χ3n) is 9.90. The molecule has 1 saturated carbocycles. The number of hydrogen-bond donors (Lipinski definition) is 0. The molecule has 1 amide bonds. The van der Waals surface area contributed by atoms with Crippen molar-refractivity contribution >= 4 is 34.4 Å². The van der Waals surface area contributed by atoms with Gasteiger partial charge in [0.15, 0.2) is 0 Å². The predicted octanol–water partition coefficient (Wildman–Crippen LogP) is 7.56. The Hall–Kier alpha value is -4.37. The van der Waals surface area contributed by atoms with E-state index in [2.05, 4.69) is 35.8 Å². The molecule has 9 nitrogen and oxygen atoms in total. The molecule has 3 aliphatic rings. The number of morpholine rings is 1. The average Bonchev–Trinajstić information content (AvgIpc) is 3.61. The monoisotopic (exact) mass is 650 g/mol. The first-order chi connectivity index (χ1) is 23.2. The van der Waals surface area contributed by atoms with Crippen LogP contribution in [0.5, 0.6) is 5.75 Å². The summed E-state index contributed by atoms with van der Waals surface area (Å²) in [5.74, 6) is 0.808. The van der Waals surface area contributed by atoms with Gasteiger partial charge < -0.3 is 23.7 Å². The van der Waals surface area contributed by atoms with Crippen molar-refractivity contribution in [2.24, 2.45) is 0 Å². The fraction of sp³-hybridized carbons (Fsp3) is 0.462. The van der Waals surface area contributed by atoms with Crippen LogP contribution in [-0.2, 0) is 22.6 Å². The lowest BCUT2D eigenvalue weighted by Crippen LogP contribution is -2.41. The van der Waals surface area contributed by atoms with Gasteiger partial charge in [-0.3, -0.25) is 9.48 Å². The number of benzene rings is 2. The number of hydrogen-bond acceptors (Lipinski definition) is 6. The summed E-state index contributed by atoms with van der Waals surface area (Å²) in [7, 11) is 1.69. The molecule has 0 N–H and O–H groups in total. The molecular formula is C39H46N4O5. The van der Waals surface area contributed by atoms with Gasteiger partial charge in [0, 0.05) is 36.1 Å². The number of carbonyl (C=O) groups is 2. The number of methoxy groups -OCH3 is 1. The van der Waals surface area contributed by atoms with E-state index in [1.165, 1.54) is 35.9 Å². The number of carbonyl (C=O) groups excluding carboxylic acids is 2. The minimum absolute atomic E-state index is 0.0308. The van der Waals surface area contributed by atoms with Crippen molar-refractivity contribution in [1.29, 1.82) is 0 Å². The molecule has 0 unspecified atom stereocenters. The highest BCUT2D eigenvalue weighted by atomic mass is 16.6. The molecule has 2 aliphatic heterocycles. The zero-order valence-electron chi connectivity index (χ0n) is 28.8. The summed E-state index contributed by atoms with van der Waals surface area (Å²) >= 11 is 0. The Morgan fingerprint density at radius 3 is 2.48 bits per heavy atom. The van der Waals surface area contributed by atoms with Gasteiger partial charge in [-0.2, -0.15) is 5.10 Å². The van der Waals surface area contributed by atoms with E-state index in [0.717, 1.165) is 46.5 Å². The molecule has 0 bridgehead atoms. The first-order valence-corrected chi connectivity index (χ1v) is 17.4. The first-order valence-electron chi connectivity index (χ1n) is 17.4. The standard InChI is InChI=1S/C39H46N4O5/c1-6-43-35(32(23-40-43)37(44)41-16-18-47-19-17-41)28-20-27-21-29(46-5)13-15-30(27)36-34(25-10-8-7-9-11-25)31-14-12-26(22-33(31)42(36)24-28)38(45)48-39(2,3)4/h12-15,20-23,25H,6-11,16-19,24H2,1-5H3. The topological polar surface area (TPSA) is 87.8 Å².